The number of likely N-dealkylation sites (tertiary alicyclic amines) is 1. The fraction of sp³-hybridized carbons (Fsp3) is 0.350. The highest BCUT2D eigenvalue weighted by atomic mass is 19.1. The molecule has 0 saturated carbocycles. The summed E-state index contributed by atoms with van der Waals surface area (Å²) in [6.07, 6.45) is 0.326. The Bertz CT molecular complexity index is 715. The van der Waals surface area contributed by atoms with E-state index in [0.29, 0.717) is 19.5 Å². The number of halogens is 1. The van der Waals surface area contributed by atoms with Gasteiger partial charge in [-0.05, 0) is 41.3 Å². The van der Waals surface area contributed by atoms with Gasteiger partial charge in [0, 0.05) is 32.0 Å². The highest BCUT2D eigenvalue weighted by Crippen LogP contribution is 2.34. The number of methoxy groups -OCH3 is 1. The van der Waals surface area contributed by atoms with Gasteiger partial charge in [-0.3, -0.25) is 4.79 Å². The third kappa shape index (κ3) is 3.99. The first kappa shape index (κ1) is 17.4. The second-order valence-corrected chi connectivity index (χ2v) is 6.43. The van der Waals surface area contributed by atoms with Crippen LogP contribution in [0.15, 0.2) is 48.5 Å². The molecule has 0 spiro atoms. The first-order valence-corrected chi connectivity index (χ1v) is 8.37. The summed E-state index contributed by atoms with van der Waals surface area (Å²) >= 11 is 0. The van der Waals surface area contributed by atoms with E-state index in [1.54, 1.807) is 24.1 Å². The van der Waals surface area contributed by atoms with E-state index < -0.39 is 0 Å². The molecule has 1 fully saturated rings. The molecule has 2 atom stereocenters. The van der Waals surface area contributed by atoms with Gasteiger partial charge < -0.3 is 14.7 Å². The average Bonchev–Trinajstić information content (AvgIpc) is 2.64. The van der Waals surface area contributed by atoms with Crippen LogP contribution in [0, 0.1) is 11.7 Å². The molecule has 25 heavy (non-hydrogen) atoms. The predicted octanol–water partition coefficient (Wildman–Crippen LogP) is 2.96. The van der Waals surface area contributed by atoms with E-state index in [4.69, 9.17) is 4.74 Å². The normalized spacial score (nSPS) is 20.6. The van der Waals surface area contributed by atoms with Crippen LogP contribution in [0.2, 0.25) is 0 Å². The zero-order chi connectivity index (χ0) is 17.8. The van der Waals surface area contributed by atoms with Gasteiger partial charge in [0.25, 0.3) is 0 Å². The third-order valence-electron chi connectivity index (χ3n) is 4.84. The van der Waals surface area contributed by atoms with Gasteiger partial charge >= 0.3 is 0 Å². The molecule has 1 aliphatic heterocycles. The molecular weight excluding hydrogens is 321 g/mol. The number of ether oxygens (including phenoxy) is 1. The molecule has 1 heterocycles. The van der Waals surface area contributed by atoms with E-state index in [-0.39, 0.29) is 30.2 Å². The van der Waals surface area contributed by atoms with E-state index in [1.165, 1.54) is 12.1 Å². The highest BCUT2D eigenvalue weighted by molar-refractivity contribution is 5.78. The van der Waals surface area contributed by atoms with E-state index in [1.807, 2.05) is 24.3 Å². The summed E-state index contributed by atoms with van der Waals surface area (Å²) in [6.45, 7) is 0.993. The topological polar surface area (TPSA) is 49.8 Å². The van der Waals surface area contributed by atoms with Crippen LogP contribution in [0.4, 0.5) is 4.39 Å². The molecule has 0 unspecified atom stereocenters. The Hall–Kier alpha value is -2.40. The van der Waals surface area contributed by atoms with Crippen LogP contribution in [0.1, 0.15) is 23.5 Å². The minimum atomic E-state index is -0.299. The minimum absolute atomic E-state index is 0.00552. The van der Waals surface area contributed by atoms with Crippen molar-refractivity contribution in [2.24, 2.45) is 5.92 Å². The number of nitrogens with zero attached hydrogens (tertiary/aromatic N) is 1. The Kier molecular flexibility index (Phi) is 5.34. The number of rotatable bonds is 5. The first-order chi connectivity index (χ1) is 12.1. The van der Waals surface area contributed by atoms with Crippen molar-refractivity contribution in [2.45, 2.75) is 18.9 Å². The first-order valence-electron chi connectivity index (χ1n) is 8.37. The predicted molar refractivity (Wildman–Crippen MR) is 92.7 cm³/mol. The Morgan fingerprint density at radius 2 is 1.84 bits per heavy atom. The van der Waals surface area contributed by atoms with Crippen molar-refractivity contribution in [1.29, 1.82) is 0 Å². The minimum Gasteiger partial charge on any atom is -0.497 e. The van der Waals surface area contributed by atoms with Gasteiger partial charge in [-0.1, -0.05) is 24.3 Å². The Balaban J connectivity index is 1.72. The number of carbonyl (C=O) groups is 1. The fourth-order valence-corrected chi connectivity index (χ4v) is 3.39. The number of benzene rings is 2. The molecule has 3 rings (SSSR count). The molecule has 0 bridgehead atoms. The second kappa shape index (κ2) is 7.66. The largest absolute Gasteiger partial charge is 0.497 e. The zero-order valence-electron chi connectivity index (χ0n) is 14.2. The van der Waals surface area contributed by atoms with Crippen LogP contribution in [0.3, 0.4) is 0 Å². The number of aliphatic hydroxyl groups excluding tert-OH is 1. The molecule has 5 heteroatoms. The molecule has 0 aliphatic carbocycles. The summed E-state index contributed by atoms with van der Waals surface area (Å²) in [4.78, 5) is 14.4. The van der Waals surface area contributed by atoms with E-state index in [2.05, 4.69) is 0 Å². The van der Waals surface area contributed by atoms with Gasteiger partial charge in [-0.25, -0.2) is 4.39 Å². The standard InChI is InChI=1S/C20H22FNO3/c1-25-18-8-2-14(3-9-18)11-22-12-16(13-23)19(10-20(22)24)15-4-6-17(21)7-5-15/h2-9,16,19,23H,10-13H2,1H3/t16-,19-/m0/s1. The molecule has 0 radical (unpaired) electrons. The summed E-state index contributed by atoms with van der Waals surface area (Å²) in [6, 6.07) is 13.8. The quantitative estimate of drug-likeness (QED) is 0.908. The Morgan fingerprint density at radius 1 is 1.16 bits per heavy atom. The monoisotopic (exact) mass is 343 g/mol. The Morgan fingerprint density at radius 3 is 2.44 bits per heavy atom. The Labute approximate surface area is 146 Å². The van der Waals surface area contributed by atoms with Gasteiger partial charge in [-0.15, -0.1) is 0 Å². The number of amides is 1. The number of hydrogen-bond acceptors (Lipinski definition) is 3. The average molecular weight is 343 g/mol. The third-order valence-corrected chi connectivity index (χ3v) is 4.84. The second-order valence-electron chi connectivity index (χ2n) is 6.43. The number of aliphatic hydroxyl groups is 1. The summed E-state index contributed by atoms with van der Waals surface area (Å²) < 4.78 is 18.3. The van der Waals surface area contributed by atoms with Gasteiger partial charge in [0.2, 0.25) is 5.91 Å². The SMILES string of the molecule is COc1ccc(CN2C[C@@H](CO)[C@H](c3ccc(F)cc3)CC2=O)cc1. The lowest BCUT2D eigenvalue weighted by molar-refractivity contribution is -0.137. The van der Waals surface area contributed by atoms with Crippen LogP contribution >= 0.6 is 0 Å². The van der Waals surface area contributed by atoms with Gasteiger partial charge in [0.15, 0.2) is 0 Å². The summed E-state index contributed by atoms with van der Waals surface area (Å²) in [5, 5.41) is 9.79. The maximum Gasteiger partial charge on any atom is 0.223 e. The van der Waals surface area contributed by atoms with E-state index >= 15 is 0 Å². The lowest BCUT2D eigenvalue weighted by Crippen LogP contribution is -2.44. The van der Waals surface area contributed by atoms with Gasteiger partial charge in [-0.2, -0.15) is 0 Å². The van der Waals surface area contributed by atoms with Crippen molar-refractivity contribution >= 4 is 5.91 Å². The molecule has 132 valence electrons. The highest BCUT2D eigenvalue weighted by Gasteiger charge is 2.34. The maximum atomic E-state index is 13.1. The number of carbonyl (C=O) groups excluding carboxylic acids is 1. The van der Waals surface area contributed by atoms with Crippen molar-refractivity contribution in [3.8, 4) is 5.75 Å². The van der Waals surface area contributed by atoms with Crippen LogP contribution in [-0.4, -0.2) is 36.2 Å². The lowest BCUT2D eigenvalue weighted by Gasteiger charge is -2.38. The fourth-order valence-electron chi connectivity index (χ4n) is 3.39. The van der Waals surface area contributed by atoms with Crippen molar-refractivity contribution in [2.75, 3.05) is 20.3 Å². The van der Waals surface area contributed by atoms with Crippen molar-refractivity contribution in [1.82, 2.24) is 4.90 Å². The molecule has 1 saturated heterocycles. The van der Waals surface area contributed by atoms with Crippen LogP contribution < -0.4 is 4.74 Å². The summed E-state index contributed by atoms with van der Waals surface area (Å²) in [7, 11) is 1.62. The van der Waals surface area contributed by atoms with E-state index in [9.17, 15) is 14.3 Å². The van der Waals surface area contributed by atoms with Crippen molar-refractivity contribution in [3.05, 3.63) is 65.5 Å². The van der Waals surface area contributed by atoms with Crippen molar-refractivity contribution in [3.63, 3.8) is 0 Å². The number of hydrogen-bond donors (Lipinski definition) is 1. The summed E-state index contributed by atoms with van der Waals surface area (Å²) in [5.41, 5.74) is 1.92. The zero-order valence-corrected chi connectivity index (χ0v) is 14.2. The molecular formula is C20H22FNO3. The van der Waals surface area contributed by atoms with E-state index in [0.717, 1.165) is 16.9 Å². The molecule has 1 aliphatic rings. The maximum absolute atomic E-state index is 13.1. The number of piperidine rings is 1. The van der Waals surface area contributed by atoms with Crippen LogP contribution in [-0.2, 0) is 11.3 Å². The molecule has 2 aromatic carbocycles. The lowest BCUT2D eigenvalue weighted by atomic mass is 9.80. The smallest absolute Gasteiger partial charge is 0.223 e. The molecule has 1 amide bonds. The molecule has 4 nitrogen and oxygen atoms in total. The summed E-state index contributed by atoms with van der Waals surface area (Å²) in [5.74, 6) is 0.396. The van der Waals surface area contributed by atoms with Crippen molar-refractivity contribution < 1.29 is 19.0 Å². The van der Waals surface area contributed by atoms with Gasteiger partial charge in [0.05, 0.1) is 7.11 Å². The molecule has 2 aromatic rings. The molecule has 0 aromatic heterocycles. The van der Waals surface area contributed by atoms with Gasteiger partial charge in [0.1, 0.15) is 11.6 Å². The molecule has 1 N–H and O–H groups in total. The van der Waals surface area contributed by atoms with Crippen LogP contribution in [0.5, 0.6) is 5.75 Å². The van der Waals surface area contributed by atoms with Crippen LogP contribution in [0.25, 0.3) is 0 Å².